The Balaban J connectivity index is 0.00000144. The third-order valence-corrected chi connectivity index (χ3v) is 5.07. The molecular formula is C15H19ClN4OS. The molecule has 0 radical (unpaired) electrons. The average molecular weight is 339 g/mol. The number of imidazole rings is 1. The van der Waals surface area contributed by atoms with Gasteiger partial charge in [0.25, 0.3) is 0 Å². The number of thiophene rings is 1. The molecule has 2 N–H and O–H groups in total. The molecule has 3 aromatic heterocycles. The van der Waals surface area contributed by atoms with Crippen LogP contribution in [0.1, 0.15) is 37.7 Å². The minimum Gasteiger partial charge on any atom is -0.385 e. The van der Waals surface area contributed by atoms with Gasteiger partial charge in [-0.2, -0.15) is 0 Å². The average Bonchev–Trinajstić information content (AvgIpc) is 3.11. The summed E-state index contributed by atoms with van der Waals surface area (Å²) in [4.78, 5) is 9.11. The van der Waals surface area contributed by atoms with Crippen molar-refractivity contribution in [3.8, 4) is 0 Å². The van der Waals surface area contributed by atoms with Gasteiger partial charge >= 0.3 is 0 Å². The van der Waals surface area contributed by atoms with E-state index in [0.717, 1.165) is 53.0 Å². The predicted octanol–water partition coefficient (Wildman–Crippen LogP) is 3.05. The molecule has 1 aliphatic heterocycles. The van der Waals surface area contributed by atoms with Crippen LogP contribution in [0.5, 0.6) is 0 Å². The fraction of sp³-hybridized carbons (Fsp3) is 0.467. The topological polar surface area (TPSA) is 63.0 Å². The normalized spacial score (nSPS) is 20.2. The van der Waals surface area contributed by atoms with E-state index in [0.29, 0.717) is 6.04 Å². The Morgan fingerprint density at radius 3 is 3.05 bits per heavy atom. The van der Waals surface area contributed by atoms with Crippen LogP contribution in [0.4, 0.5) is 0 Å². The summed E-state index contributed by atoms with van der Waals surface area (Å²) in [7, 11) is 0. The molecular weight excluding hydrogens is 320 g/mol. The molecule has 4 heterocycles. The summed E-state index contributed by atoms with van der Waals surface area (Å²) < 4.78 is 3.41. The number of aliphatic hydroxyl groups is 1. The molecule has 0 spiro atoms. The van der Waals surface area contributed by atoms with E-state index in [1.54, 1.807) is 18.3 Å². The van der Waals surface area contributed by atoms with Crippen LogP contribution in [0.15, 0.2) is 17.6 Å². The van der Waals surface area contributed by atoms with Crippen LogP contribution < -0.4 is 5.32 Å². The summed E-state index contributed by atoms with van der Waals surface area (Å²) in [5.41, 5.74) is 3.01. The van der Waals surface area contributed by atoms with Crippen LogP contribution in [-0.2, 0) is 0 Å². The van der Waals surface area contributed by atoms with Gasteiger partial charge in [-0.05, 0) is 37.8 Å². The minimum absolute atomic E-state index is 0. The molecule has 1 fully saturated rings. The number of halogens is 1. The van der Waals surface area contributed by atoms with Gasteiger partial charge in [-0.25, -0.2) is 4.98 Å². The molecule has 3 aromatic rings. The second kappa shape index (κ2) is 6.12. The van der Waals surface area contributed by atoms with E-state index in [4.69, 9.17) is 0 Å². The maximum absolute atomic E-state index is 10.1. The lowest BCUT2D eigenvalue weighted by atomic mass is 10.1. The Hall–Kier alpha value is -1.21. The Morgan fingerprint density at radius 2 is 2.32 bits per heavy atom. The summed E-state index contributed by atoms with van der Waals surface area (Å²) in [5.74, 6) is 0.751. The molecule has 0 bridgehead atoms. The van der Waals surface area contributed by atoms with Crippen LogP contribution >= 0.6 is 23.7 Å². The van der Waals surface area contributed by atoms with Gasteiger partial charge in [-0.3, -0.25) is 4.98 Å². The van der Waals surface area contributed by atoms with E-state index in [2.05, 4.69) is 25.2 Å². The third-order valence-electron chi connectivity index (χ3n) is 4.16. The number of aliphatic hydroxyl groups excluding tert-OH is 1. The summed E-state index contributed by atoms with van der Waals surface area (Å²) in [6.45, 7) is 3.79. The van der Waals surface area contributed by atoms with Crippen LogP contribution in [0.2, 0.25) is 0 Å². The smallest absolute Gasteiger partial charge is 0.138 e. The summed E-state index contributed by atoms with van der Waals surface area (Å²) in [6.07, 6.45) is 3.52. The lowest BCUT2D eigenvalue weighted by molar-refractivity contribution is 0.179. The lowest BCUT2D eigenvalue weighted by Gasteiger charge is -2.27. The van der Waals surface area contributed by atoms with Crippen molar-refractivity contribution in [3.05, 3.63) is 23.5 Å². The fourth-order valence-corrected chi connectivity index (χ4v) is 4.10. The second-order valence-electron chi connectivity index (χ2n) is 5.64. The van der Waals surface area contributed by atoms with Gasteiger partial charge in [0.15, 0.2) is 0 Å². The highest BCUT2D eigenvalue weighted by molar-refractivity contribution is 7.18. The maximum Gasteiger partial charge on any atom is 0.138 e. The molecule has 0 unspecified atom stereocenters. The summed E-state index contributed by atoms with van der Waals surface area (Å²) in [5, 5.41) is 15.7. The molecule has 5 nitrogen and oxygen atoms in total. The van der Waals surface area contributed by atoms with Crippen molar-refractivity contribution in [1.29, 1.82) is 0 Å². The van der Waals surface area contributed by atoms with E-state index in [1.807, 2.05) is 12.3 Å². The Morgan fingerprint density at radius 1 is 1.45 bits per heavy atom. The molecule has 2 atom stereocenters. The predicted molar refractivity (Wildman–Crippen MR) is 91.9 cm³/mol. The number of piperidine rings is 1. The van der Waals surface area contributed by atoms with Crippen molar-refractivity contribution in [2.45, 2.75) is 31.9 Å². The second-order valence-corrected chi connectivity index (χ2v) is 6.56. The third kappa shape index (κ3) is 2.40. The Kier molecular flexibility index (Phi) is 4.36. The number of fused-ring (bicyclic) bond motifs is 3. The van der Waals surface area contributed by atoms with Crippen molar-refractivity contribution in [3.63, 3.8) is 0 Å². The first kappa shape index (κ1) is 15.7. The first-order valence-electron chi connectivity index (χ1n) is 7.38. The Bertz CT molecular complexity index is 791. The van der Waals surface area contributed by atoms with Gasteiger partial charge in [0.05, 0.1) is 21.9 Å². The zero-order valence-electron chi connectivity index (χ0n) is 12.3. The van der Waals surface area contributed by atoms with E-state index >= 15 is 0 Å². The molecule has 1 aliphatic rings. The number of aromatic nitrogens is 3. The number of nitrogens with zero attached hydrogens (tertiary/aromatic N) is 3. The van der Waals surface area contributed by atoms with E-state index in [9.17, 15) is 5.11 Å². The summed E-state index contributed by atoms with van der Waals surface area (Å²) in [6, 6.07) is 2.39. The van der Waals surface area contributed by atoms with Crippen LogP contribution in [0, 0.1) is 0 Å². The molecule has 4 rings (SSSR count). The monoisotopic (exact) mass is 338 g/mol. The van der Waals surface area contributed by atoms with Crippen molar-refractivity contribution in [1.82, 2.24) is 19.9 Å². The number of nitrogens with one attached hydrogen (secondary N) is 1. The molecule has 0 saturated carbocycles. The quantitative estimate of drug-likeness (QED) is 0.754. The van der Waals surface area contributed by atoms with Crippen LogP contribution in [-0.4, -0.2) is 32.7 Å². The van der Waals surface area contributed by atoms with Crippen molar-refractivity contribution < 1.29 is 5.11 Å². The van der Waals surface area contributed by atoms with Gasteiger partial charge in [0.2, 0.25) is 0 Å². The maximum atomic E-state index is 10.1. The minimum atomic E-state index is -0.575. The molecule has 22 heavy (non-hydrogen) atoms. The molecule has 0 aromatic carbocycles. The number of hydrogen-bond donors (Lipinski definition) is 2. The number of pyridine rings is 1. The standard InChI is InChI=1S/C15H18N4OS.ClH/c1-9(20)15-18-12-8-17-11-4-6-21-14(11)13(12)19(15)10-3-2-5-16-7-10;/h4,6,8-10,16,20H,2-3,5,7H2,1H3;1H/t9-,10+;/m1./s1. The first-order valence-corrected chi connectivity index (χ1v) is 8.26. The zero-order valence-corrected chi connectivity index (χ0v) is 14.0. The zero-order chi connectivity index (χ0) is 14.4. The molecule has 1 saturated heterocycles. The van der Waals surface area contributed by atoms with Crippen molar-refractivity contribution in [2.24, 2.45) is 0 Å². The van der Waals surface area contributed by atoms with Crippen LogP contribution in [0.25, 0.3) is 21.3 Å². The highest BCUT2D eigenvalue weighted by Gasteiger charge is 2.25. The largest absolute Gasteiger partial charge is 0.385 e. The number of rotatable bonds is 2. The van der Waals surface area contributed by atoms with E-state index in [-0.39, 0.29) is 12.4 Å². The first-order chi connectivity index (χ1) is 10.3. The van der Waals surface area contributed by atoms with E-state index in [1.165, 1.54) is 0 Å². The lowest BCUT2D eigenvalue weighted by Crippen LogP contribution is -2.32. The molecule has 0 amide bonds. The molecule has 0 aliphatic carbocycles. The van der Waals surface area contributed by atoms with Gasteiger partial charge in [0, 0.05) is 12.6 Å². The molecule has 118 valence electrons. The van der Waals surface area contributed by atoms with Gasteiger partial charge < -0.3 is 15.0 Å². The van der Waals surface area contributed by atoms with E-state index < -0.39 is 6.10 Å². The highest BCUT2D eigenvalue weighted by Crippen LogP contribution is 2.34. The number of hydrogen-bond acceptors (Lipinski definition) is 5. The summed E-state index contributed by atoms with van der Waals surface area (Å²) >= 11 is 1.69. The van der Waals surface area contributed by atoms with Crippen molar-refractivity contribution >= 4 is 45.0 Å². The SMILES string of the molecule is C[C@@H](O)c1nc2cnc3ccsc3c2n1[C@H]1CCCNC1.Cl. The fourth-order valence-electron chi connectivity index (χ4n) is 3.21. The van der Waals surface area contributed by atoms with Crippen molar-refractivity contribution in [2.75, 3.05) is 13.1 Å². The Labute approximate surface area is 138 Å². The van der Waals surface area contributed by atoms with Gasteiger partial charge in [-0.15, -0.1) is 23.7 Å². The highest BCUT2D eigenvalue weighted by atomic mass is 35.5. The van der Waals surface area contributed by atoms with Crippen LogP contribution in [0.3, 0.4) is 0 Å². The molecule has 7 heteroatoms. The van der Waals surface area contributed by atoms with Gasteiger partial charge in [-0.1, -0.05) is 0 Å². The van der Waals surface area contributed by atoms with Gasteiger partial charge in [0.1, 0.15) is 17.4 Å².